The Morgan fingerprint density at radius 3 is 2.62 bits per heavy atom. The number of nitrogens with zero attached hydrogens (tertiary/aromatic N) is 3. The predicted octanol–water partition coefficient (Wildman–Crippen LogP) is -2.18. The molecular formula is C12H19N3O6. The van der Waals surface area contributed by atoms with Crippen LogP contribution in [0.3, 0.4) is 0 Å². The molecule has 1 aliphatic heterocycles. The largest absolute Gasteiger partial charge is 0.394 e. The predicted molar refractivity (Wildman–Crippen MR) is 70.7 cm³/mol. The summed E-state index contributed by atoms with van der Waals surface area (Å²) in [4.78, 5) is 23.9. The van der Waals surface area contributed by atoms with Crippen LogP contribution >= 0.6 is 0 Å². The van der Waals surface area contributed by atoms with E-state index in [2.05, 4.69) is 5.10 Å². The summed E-state index contributed by atoms with van der Waals surface area (Å²) >= 11 is 0. The summed E-state index contributed by atoms with van der Waals surface area (Å²) in [6, 6.07) is 0. The van der Waals surface area contributed by atoms with E-state index in [1.807, 2.05) is 6.92 Å². The van der Waals surface area contributed by atoms with E-state index in [1.54, 1.807) is 0 Å². The van der Waals surface area contributed by atoms with Crippen molar-refractivity contribution in [2.75, 3.05) is 6.61 Å². The lowest BCUT2D eigenvalue weighted by Crippen LogP contribution is -2.44. The lowest BCUT2D eigenvalue weighted by molar-refractivity contribution is -0.0625. The maximum absolute atomic E-state index is 12.3. The van der Waals surface area contributed by atoms with Gasteiger partial charge in [-0.3, -0.25) is 9.36 Å². The molecule has 0 unspecified atom stereocenters. The lowest BCUT2D eigenvalue weighted by atomic mass is 10.1. The molecule has 0 radical (unpaired) electrons. The molecule has 0 spiro atoms. The fraction of sp³-hybridized carbons (Fsp3) is 0.750. The van der Waals surface area contributed by atoms with Crippen LogP contribution in [0.25, 0.3) is 0 Å². The zero-order chi connectivity index (χ0) is 15.6. The van der Waals surface area contributed by atoms with Crippen LogP contribution in [-0.2, 0) is 11.3 Å². The fourth-order valence-corrected chi connectivity index (χ4v) is 2.23. The first-order valence-corrected chi connectivity index (χ1v) is 6.82. The van der Waals surface area contributed by atoms with Crippen molar-refractivity contribution in [1.29, 1.82) is 0 Å². The molecule has 1 aliphatic rings. The molecule has 9 nitrogen and oxygen atoms in total. The quantitative estimate of drug-likeness (QED) is 0.564. The van der Waals surface area contributed by atoms with Crippen molar-refractivity contribution < 1.29 is 20.1 Å². The Morgan fingerprint density at radius 1 is 1.33 bits per heavy atom. The molecule has 3 N–H and O–H groups in total. The molecule has 1 saturated heterocycles. The first-order valence-electron chi connectivity index (χ1n) is 6.82. The molecule has 1 fully saturated rings. The van der Waals surface area contributed by atoms with Gasteiger partial charge in [-0.15, -0.1) is 0 Å². The summed E-state index contributed by atoms with van der Waals surface area (Å²) in [6.45, 7) is 1.67. The van der Waals surface area contributed by atoms with E-state index in [9.17, 15) is 19.8 Å². The molecule has 9 heteroatoms. The summed E-state index contributed by atoms with van der Waals surface area (Å²) in [5.74, 6) is 0. The third-order valence-electron chi connectivity index (χ3n) is 3.48. The van der Waals surface area contributed by atoms with Gasteiger partial charge < -0.3 is 20.1 Å². The molecule has 0 aliphatic carbocycles. The van der Waals surface area contributed by atoms with Crippen molar-refractivity contribution in [1.82, 2.24) is 14.3 Å². The van der Waals surface area contributed by atoms with Gasteiger partial charge in [0.25, 0.3) is 5.56 Å². The fourth-order valence-electron chi connectivity index (χ4n) is 2.23. The molecule has 0 aromatic carbocycles. The van der Waals surface area contributed by atoms with E-state index >= 15 is 0 Å². The minimum atomic E-state index is -1.41. The first-order chi connectivity index (χ1) is 10.0. The Kier molecular flexibility index (Phi) is 4.88. The van der Waals surface area contributed by atoms with Crippen molar-refractivity contribution in [2.24, 2.45) is 0 Å². The second-order valence-electron chi connectivity index (χ2n) is 4.94. The number of hydrogen-bond donors (Lipinski definition) is 3. The molecule has 0 bridgehead atoms. The third-order valence-corrected chi connectivity index (χ3v) is 3.48. The van der Waals surface area contributed by atoms with Crippen LogP contribution in [0.4, 0.5) is 0 Å². The first kappa shape index (κ1) is 15.8. The molecule has 1 aromatic rings. The molecule has 2 rings (SSSR count). The zero-order valence-corrected chi connectivity index (χ0v) is 11.6. The van der Waals surface area contributed by atoms with Crippen LogP contribution in [0.5, 0.6) is 0 Å². The van der Waals surface area contributed by atoms with E-state index in [1.165, 1.54) is 0 Å². The van der Waals surface area contributed by atoms with Crippen LogP contribution < -0.4 is 11.2 Å². The zero-order valence-electron chi connectivity index (χ0n) is 11.6. The van der Waals surface area contributed by atoms with Gasteiger partial charge in [0.2, 0.25) is 0 Å². The van der Waals surface area contributed by atoms with Crippen molar-refractivity contribution in [3.63, 3.8) is 0 Å². The summed E-state index contributed by atoms with van der Waals surface area (Å²) < 4.78 is 7.06. The van der Waals surface area contributed by atoms with Crippen LogP contribution in [0.15, 0.2) is 15.8 Å². The highest BCUT2D eigenvalue weighted by Gasteiger charge is 2.44. The smallest absolute Gasteiger partial charge is 0.349 e. The molecule has 1 aromatic heterocycles. The van der Waals surface area contributed by atoms with E-state index in [0.29, 0.717) is 6.42 Å². The Hall–Kier alpha value is -1.55. The van der Waals surface area contributed by atoms with Crippen LogP contribution in [0.1, 0.15) is 26.0 Å². The SMILES string of the molecule is CCCCn1c(=O)cnn([C@@H]2O[C@H](CO)[C@@H](O)[C@H]2O)c1=O. The number of aromatic nitrogens is 3. The average Bonchev–Trinajstić information content (AvgIpc) is 2.75. The van der Waals surface area contributed by atoms with Gasteiger partial charge in [0.1, 0.15) is 24.5 Å². The molecule has 0 saturated carbocycles. The topological polar surface area (TPSA) is 127 Å². The molecular weight excluding hydrogens is 282 g/mol. The normalized spacial score (nSPS) is 29.0. The lowest BCUT2D eigenvalue weighted by Gasteiger charge is -2.17. The molecule has 4 atom stereocenters. The molecule has 118 valence electrons. The third kappa shape index (κ3) is 2.91. The maximum Gasteiger partial charge on any atom is 0.349 e. The van der Waals surface area contributed by atoms with Crippen molar-refractivity contribution in [3.05, 3.63) is 27.0 Å². The highest BCUT2D eigenvalue weighted by atomic mass is 16.6. The number of rotatable bonds is 5. The average molecular weight is 301 g/mol. The van der Waals surface area contributed by atoms with Gasteiger partial charge in [-0.25, -0.2) is 4.79 Å². The number of ether oxygens (including phenoxy) is 1. The minimum Gasteiger partial charge on any atom is -0.394 e. The summed E-state index contributed by atoms with van der Waals surface area (Å²) in [5, 5.41) is 32.3. The standard InChI is InChI=1S/C12H19N3O6/c1-2-3-4-14-8(17)5-13-15(12(14)20)11-10(19)9(18)7(6-16)21-11/h5,7,9-11,16,18-19H,2-4,6H2,1H3/t7-,9-,10-,11-/m1/s1. The number of unbranched alkanes of at least 4 members (excludes halogenated alkanes) is 1. The van der Waals surface area contributed by atoms with Gasteiger partial charge in [0.15, 0.2) is 6.23 Å². The Balaban J connectivity index is 2.37. The monoisotopic (exact) mass is 301 g/mol. The number of aliphatic hydroxyl groups excluding tert-OH is 3. The maximum atomic E-state index is 12.3. The second kappa shape index (κ2) is 6.48. The highest BCUT2D eigenvalue weighted by molar-refractivity contribution is 4.89. The molecule has 21 heavy (non-hydrogen) atoms. The van der Waals surface area contributed by atoms with Gasteiger partial charge in [0.05, 0.1) is 6.61 Å². The highest BCUT2D eigenvalue weighted by Crippen LogP contribution is 2.27. The van der Waals surface area contributed by atoms with Crippen LogP contribution in [0.2, 0.25) is 0 Å². The summed E-state index contributed by atoms with van der Waals surface area (Å²) in [5.41, 5.74) is -1.25. The molecule has 0 amide bonds. The van der Waals surface area contributed by atoms with E-state index in [0.717, 1.165) is 21.9 Å². The van der Waals surface area contributed by atoms with Gasteiger partial charge in [-0.2, -0.15) is 9.78 Å². The van der Waals surface area contributed by atoms with Crippen molar-refractivity contribution in [3.8, 4) is 0 Å². The molecule has 2 heterocycles. The Labute approximate surface area is 120 Å². The van der Waals surface area contributed by atoms with Gasteiger partial charge >= 0.3 is 5.69 Å². The van der Waals surface area contributed by atoms with Crippen molar-refractivity contribution in [2.45, 2.75) is 50.8 Å². The van der Waals surface area contributed by atoms with Crippen LogP contribution in [-0.4, -0.2) is 54.6 Å². The Bertz CT molecular complexity index is 597. The van der Waals surface area contributed by atoms with E-state index in [4.69, 9.17) is 9.84 Å². The number of hydrogen-bond acceptors (Lipinski definition) is 7. The van der Waals surface area contributed by atoms with E-state index < -0.39 is 42.4 Å². The summed E-state index contributed by atoms with van der Waals surface area (Å²) in [6.07, 6.45) is -2.56. The second-order valence-corrected chi connectivity index (χ2v) is 4.94. The van der Waals surface area contributed by atoms with Crippen LogP contribution in [0, 0.1) is 0 Å². The van der Waals surface area contributed by atoms with Gasteiger partial charge in [0, 0.05) is 6.54 Å². The van der Waals surface area contributed by atoms with Crippen molar-refractivity contribution >= 4 is 0 Å². The van der Waals surface area contributed by atoms with E-state index in [-0.39, 0.29) is 6.54 Å². The minimum absolute atomic E-state index is 0.242. The summed E-state index contributed by atoms with van der Waals surface area (Å²) in [7, 11) is 0. The Morgan fingerprint density at radius 2 is 2.05 bits per heavy atom. The van der Waals surface area contributed by atoms with Gasteiger partial charge in [-0.1, -0.05) is 13.3 Å². The number of aliphatic hydroxyl groups is 3. The van der Waals surface area contributed by atoms with Gasteiger partial charge in [-0.05, 0) is 6.42 Å².